The van der Waals surface area contributed by atoms with Gasteiger partial charge in [-0.05, 0) is 74.5 Å². The first-order chi connectivity index (χ1) is 17.4. The van der Waals surface area contributed by atoms with E-state index in [-0.39, 0.29) is 12.4 Å². The van der Waals surface area contributed by atoms with Crippen LogP contribution in [0.15, 0.2) is 76.2 Å². The van der Waals surface area contributed by atoms with E-state index in [9.17, 15) is 4.79 Å². The van der Waals surface area contributed by atoms with Crippen molar-refractivity contribution in [2.45, 2.75) is 20.5 Å². The van der Waals surface area contributed by atoms with Crippen LogP contribution >= 0.6 is 0 Å². The number of nitrogens with zero attached hydrogens (tertiary/aromatic N) is 3. The summed E-state index contributed by atoms with van der Waals surface area (Å²) < 4.78 is 19.0. The van der Waals surface area contributed by atoms with Gasteiger partial charge in [-0.25, -0.2) is 5.43 Å². The highest BCUT2D eigenvalue weighted by atomic mass is 16.5. The van der Waals surface area contributed by atoms with Gasteiger partial charge in [0.25, 0.3) is 0 Å². The van der Waals surface area contributed by atoms with Crippen molar-refractivity contribution in [2.24, 2.45) is 5.10 Å². The van der Waals surface area contributed by atoms with Gasteiger partial charge in [0.2, 0.25) is 0 Å². The summed E-state index contributed by atoms with van der Waals surface area (Å²) in [6, 6.07) is 21.1. The normalized spacial score (nSPS) is 11.0. The van der Waals surface area contributed by atoms with Crippen molar-refractivity contribution in [3.8, 4) is 17.2 Å². The molecule has 0 unspecified atom stereocenters. The Morgan fingerprint density at radius 2 is 1.75 bits per heavy atom. The maximum atomic E-state index is 12.4. The van der Waals surface area contributed by atoms with Crippen LogP contribution in [0.2, 0.25) is 0 Å². The van der Waals surface area contributed by atoms with Gasteiger partial charge in [-0.2, -0.15) is 5.10 Å². The third-order valence-corrected chi connectivity index (χ3v) is 5.74. The second-order valence-electron chi connectivity index (χ2n) is 8.52. The Kier molecular flexibility index (Phi) is 7.44. The van der Waals surface area contributed by atoms with E-state index in [1.165, 1.54) is 17.6 Å². The van der Waals surface area contributed by atoms with E-state index < -0.39 is 5.91 Å². The highest BCUT2D eigenvalue weighted by molar-refractivity contribution is 5.93. The fourth-order valence-corrected chi connectivity index (χ4v) is 3.80. The van der Waals surface area contributed by atoms with Gasteiger partial charge in [0, 0.05) is 48.5 Å². The first kappa shape index (κ1) is 24.7. The Bertz CT molecular complexity index is 1350. The summed E-state index contributed by atoms with van der Waals surface area (Å²) in [5.74, 6) is 1.59. The zero-order chi connectivity index (χ0) is 25.7. The summed E-state index contributed by atoms with van der Waals surface area (Å²) in [6.07, 6.45) is 1.53. The van der Waals surface area contributed by atoms with E-state index in [0.717, 1.165) is 16.9 Å². The number of hydrazone groups is 1. The van der Waals surface area contributed by atoms with Crippen LogP contribution in [-0.4, -0.2) is 37.9 Å². The first-order valence-corrected chi connectivity index (χ1v) is 11.5. The van der Waals surface area contributed by atoms with E-state index >= 15 is 0 Å². The number of furan rings is 1. The van der Waals surface area contributed by atoms with Crippen LogP contribution in [0.5, 0.6) is 11.5 Å². The molecule has 0 radical (unpaired) electrons. The van der Waals surface area contributed by atoms with Crippen molar-refractivity contribution >= 4 is 17.8 Å². The Morgan fingerprint density at radius 1 is 1.03 bits per heavy atom. The van der Waals surface area contributed by atoms with E-state index in [1.807, 2.05) is 61.5 Å². The Hall–Kier alpha value is -4.46. The molecule has 0 atom stereocenters. The maximum absolute atomic E-state index is 12.4. The Morgan fingerprint density at radius 3 is 2.42 bits per heavy atom. The molecular formula is C28H30N4O4. The summed E-state index contributed by atoms with van der Waals surface area (Å²) in [7, 11) is 5.50. The molecule has 0 bridgehead atoms. The molecule has 186 valence electrons. The second kappa shape index (κ2) is 10.9. The van der Waals surface area contributed by atoms with Crippen LogP contribution in [0.25, 0.3) is 5.69 Å². The molecule has 0 spiro atoms. The molecule has 36 heavy (non-hydrogen) atoms. The van der Waals surface area contributed by atoms with E-state index in [0.29, 0.717) is 17.3 Å². The predicted molar refractivity (Wildman–Crippen MR) is 141 cm³/mol. The number of aromatic nitrogens is 1. The van der Waals surface area contributed by atoms with Gasteiger partial charge < -0.3 is 23.4 Å². The van der Waals surface area contributed by atoms with Gasteiger partial charge >= 0.3 is 5.91 Å². The SMILES string of the molecule is COc1cc(N(C)C)ccc1C=NNC(=O)c1ccc(COc2ccc(-n3c(C)ccc3C)cc2)o1. The number of hydrogen-bond donors (Lipinski definition) is 1. The quantitative estimate of drug-likeness (QED) is 0.263. The molecule has 2 aromatic heterocycles. The highest BCUT2D eigenvalue weighted by Gasteiger charge is 2.12. The zero-order valence-electron chi connectivity index (χ0n) is 21.1. The molecule has 1 N–H and O–H groups in total. The number of ether oxygens (including phenoxy) is 2. The van der Waals surface area contributed by atoms with Crippen LogP contribution in [0, 0.1) is 13.8 Å². The Balaban J connectivity index is 1.32. The molecular weight excluding hydrogens is 456 g/mol. The highest BCUT2D eigenvalue weighted by Crippen LogP contribution is 2.23. The molecule has 4 aromatic rings. The fourth-order valence-electron chi connectivity index (χ4n) is 3.80. The molecule has 2 heterocycles. The van der Waals surface area contributed by atoms with Gasteiger partial charge in [-0.3, -0.25) is 4.79 Å². The lowest BCUT2D eigenvalue weighted by atomic mass is 10.2. The number of amides is 1. The standard InChI is InChI=1S/C28H30N4O4/c1-19-6-7-20(2)32(19)22-10-12-24(13-11-22)35-18-25-14-15-26(36-25)28(33)30-29-17-21-8-9-23(31(3)4)16-27(21)34-5/h6-17H,18H2,1-5H3,(H,30,33). The van der Waals surface area contributed by atoms with E-state index in [4.69, 9.17) is 13.9 Å². The predicted octanol–water partition coefficient (Wildman–Crippen LogP) is 5.10. The molecule has 0 fully saturated rings. The Labute approximate surface area is 210 Å². The number of anilines is 1. The van der Waals surface area contributed by atoms with Crippen LogP contribution in [0.4, 0.5) is 5.69 Å². The van der Waals surface area contributed by atoms with Gasteiger partial charge in [0.15, 0.2) is 5.76 Å². The summed E-state index contributed by atoms with van der Waals surface area (Å²) in [6.45, 7) is 4.35. The van der Waals surface area contributed by atoms with Crippen LogP contribution in [0.3, 0.4) is 0 Å². The van der Waals surface area contributed by atoms with Crippen LogP contribution in [0.1, 0.15) is 33.3 Å². The first-order valence-electron chi connectivity index (χ1n) is 11.5. The third kappa shape index (κ3) is 5.60. The number of benzene rings is 2. The minimum Gasteiger partial charge on any atom is -0.496 e. The van der Waals surface area contributed by atoms with E-state index in [2.05, 4.69) is 41.1 Å². The van der Waals surface area contributed by atoms with Gasteiger partial charge in [-0.15, -0.1) is 0 Å². The van der Waals surface area contributed by atoms with Gasteiger partial charge in [0.05, 0.1) is 13.3 Å². The minimum absolute atomic E-state index is 0.148. The monoisotopic (exact) mass is 486 g/mol. The molecule has 8 heteroatoms. The minimum atomic E-state index is -0.455. The molecule has 1 amide bonds. The average molecular weight is 487 g/mol. The lowest BCUT2D eigenvalue weighted by Gasteiger charge is -2.14. The van der Waals surface area contributed by atoms with Crippen molar-refractivity contribution in [1.82, 2.24) is 9.99 Å². The lowest BCUT2D eigenvalue weighted by molar-refractivity contribution is 0.0923. The summed E-state index contributed by atoms with van der Waals surface area (Å²) >= 11 is 0. The number of nitrogens with one attached hydrogen (secondary N) is 1. The summed E-state index contributed by atoms with van der Waals surface area (Å²) in [4.78, 5) is 14.4. The zero-order valence-corrected chi connectivity index (χ0v) is 21.1. The number of carbonyl (C=O) groups excluding carboxylic acids is 1. The van der Waals surface area contributed by atoms with Crippen molar-refractivity contribution in [2.75, 3.05) is 26.1 Å². The van der Waals surface area contributed by atoms with Crippen molar-refractivity contribution in [3.63, 3.8) is 0 Å². The van der Waals surface area contributed by atoms with Crippen molar-refractivity contribution in [1.29, 1.82) is 0 Å². The number of rotatable bonds is 9. The molecule has 0 saturated heterocycles. The van der Waals surface area contributed by atoms with Gasteiger partial charge in [-0.1, -0.05) is 0 Å². The summed E-state index contributed by atoms with van der Waals surface area (Å²) in [5, 5.41) is 4.03. The third-order valence-electron chi connectivity index (χ3n) is 5.74. The topological polar surface area (TPSA) is 81.2 Å². The molecule has 0 aliphatic heterocycles. The van der Waals surface area contributed by atoms with Crippen LogP contribution in [-0.2, 0) is 6.61 Å². The molecule has 4 rings (SSSR count). The molecule has 0 saturated carbocycles. The maximum Gasteiger partial charge on any atom is 0.307 e. The summed E-state index contributed by atoms with van der Waals surface area (Å²) in [5.41, 5.74) is 7.64. The smallest absolute Gasteiger partial charge is 0.307 e. The number of methoxy groups -OCH3 is 1. The molecule has 0 aliphatic rings. The van der Waals surface area contributed by atoms with E-state index in [1.54, 1.807) is 19.2 Å². The molecule has 8 nitrogen and oxygen atoms in total. The molecule has 2 aromatic carbocycles. The van der Waals surface area contributed by atoms with Crippen LogP contribution < -0.4 is 19.8 Å². The fraction of sp³-hybridized carbons (Fsp3) is 0.214. The lowest BCUT2D eigenvalue weighted by Crippen LogP contribution is -2.17. The van der Waals surface area contributed by atoms with Gasteiger partial charge in [0.1, 0.15) is 23.9 Å². The number of hydrogen-bond acceptors (Lipinski definition) is 6. The second-order valence-corrected chi connectivity index (χ2v) is 8.52. The largest absolute Gasteiger partial charge is 0.496 e. The number of carbonyl (C=O) groups is 1. The van der Waals surface area contributed by atoms with Crippen molar-refractivity contribution in [3.05, 3.63) is 95.2 Å². The number of aryl methyl sites for hydroxylation is 2. The molecule has 0 aliphatic carbocycles. The average Bonchev–Trinajstić information content (AvgIpc) is 3.49. The van der Waals surface area contributed by atoms with Crippen molar-refractivity contribution < 1.29 is 18.7 Å².